The van der Waals surface area contributed by atoms with Gasteiger partial charge in [0.15, 0.2) is 6.17 Å². The highest BCUT2D eigenvalue weighted by atomic mass is 19.4. The van der Waals surface area contributed by atoms with E-state index in [0.717, 1.165) is 0 Å². The van der Waals surface area contributed by atoms with E-state index in [-0.39, 0.29) is 0 Å². The van der Waals surface area contributed by atoms with Crippen LogP contribution < -0.4 is 0 Å². The largest absolute Gasteiger partial charge is 0.456 e. The molecule has 86 valence electrons. The minimum Gasteiger partial charge on any atom is -0.238 e. The predicted octanol–water partition coefficient (Wildman–Crippen LogP) is 3.13. The molecule has 0 N–H and O–H groups in total. The third kappa shape index (κ3) is 2.44. The van der Waals surface area contributed by atoms with Gasteiger partial charge < -0.3 is 0 Å². The van der Waals surface area contributed by atoms with Crippen molar-refractivity contribution in [3.05, 3.63) is 0 Å². The number of halogens is 9. The Hall–Kier alpha value is -0.630. The molecule has 2 unspecified atom stereocenters. The van der Waals surface area contributed by atoms with Crippen LogP contribution in [0.5, 0.6) is 0 Å². The molecule has 0 fully saturated rings. The summed E-state index contributed by atoms with van der Waals surface area (Å²) in [4.78, 5) is 0. The first kappa shape index (κ1) is 13.4. The first-order valence-electron chi connectivity index (χ1n) is 3.02. The summed E-state index contributed by atoms with van der Waals surface area (Å²) in [6, 6.07) is 0. The Balaban J connectivity index is 4.75. The van der Waals surface area contributed by atoms with E-state index < -0.39 is 30.9 Å². The molecule has 0 aliphatic carbocycles. The first-order chi connectivity index (χ1) is 6.01. The maximum Gasteiger partial charge on any atom is 0.456 e. The van der Waals surface area contributed by atoms with Gasteiger partial charge in [0.05, 0.1) is 0 Å². The van der Waals surface area contributed by atoms with Crippen LogP contribution in [0.1, 0.15) is 0 Å². The molecule has 0 saturated carbocycles. The molecule has 14 heavy (non-hydrogen) atoms. The van der Waals surface area contributed by atoms with Gasteiger partial charge in [0.2, 0.25) is 6.17 Å². The van der Waals surface area contributed by atoms with Crippen molar-refractivity contribution < 1.29 is 39.5 Å². The number of hydrogen-bond acceptors (Lipinski definition) is 0. The molecule has 0 radical (unpaired) electrons. The van der Waals surface area contributed by atoms with Crippen molar-refractivity contribution >= 4 is 0 Å². The van der Waals surface area contributed by atoms with Crippen LogP contribution in [0.3, 0.4) is 0 Å². The second-order valence-corrected chi connectivity index (χ2v) is 2.30. The molecule has 0 aliphatic rings. The highest BCUT2D eigenvalue weighted by Gasteiger charge is 2.66. The average Bonchev–Trinajstić information content (AvgIpc) is 1.99. The predicted molar refractivity (Wildman–Crippen MR) is 26.8 cm³/mol. The third-order valence-corrected chi connectivity index (χ3v) is 1.24. The minimum atomic E-state index is -6.40. The highest BCUT2D eigenvalue weighted by molar-refractivity contribution is 4.90. The van der Waals surface area contributed by atoms with Gasteiger partial charge in [0, 0.05) is 0 Å². The van der Waals surface area contributed by atoms with Crippen molar-refractivity contribution in [2.75, 3.05) is 0 Å². The van der Waals surface area contributed by atoms with Gasteiger partial charge >= 0.3 is 12.1 Å². The Morgan fingerprint density at radius 2 is 1.07 bits per heavy atom. The molecule has 0 heterocycles. The van der Waals surface area contributed by atoms with Gasteiger partial charge in [-0.1, -0.05) is 0 Å². The van der Waals surface area contributed by atoms with Crippen molar-refractivity contribution in [2.45, 2.75) is 30.9 Å². The summed E-state index contributed by atoms with van der Waals surface area (Å²) in [5, 5.41) is 0. The Bertz CT molecular complexity index is 182. The molecule has 0 rings (SSSR count). The zero-order chi connectivity index (χ0) is 11.7. The van der Waals surface area contributed by atoms with Gasteiger partial charge in [-0.2, -0.15) is 22.0 Å². The molecule has 0 aliphatic heterocycles. The summed E-state index contributed by atoms with van der Waals surface area (Å²) >= 11 is 0. The first-order valence-corrected chi connectivity index (χ1v) is 3.02. The lowest BCUT2D eigenvalue weighted by Gasteiger charge is -2.24. The van der Waals surface area contributed by atoms with Crippen LogP contribution >= 0.6 is 0 Å². The molecule has 0 nitrogen and oxygen atoms in total. The fraction of sp³-hybridized carbons (Fsp3) is 1.00. The highest BCUT2D eigenvalue weighted by Crippen LogP contribution is 2.41. The maximum absolute atomic E-state index is 12.0. The summed E-state index contributed by atoms with van der Waals surface area (Å²) in [6.07, 6.45) is -19.4. The van der Waals surface area contributed by atoms with Gasteiger partial charge in [-0.15, -0.1) is 0 Å². The van der Waals surface area contributed by atoms with Crippen LogP contribution in [0.4, 0.5) is 39.5 Å². The molecular weight excluding hydrogens is 231 g/mol. The molecule has 0 bridgehead atoms. The second kappa shape index (κ2) is 3.85. The average molecular weight is 234 g/mol. The summed E-state index contributed by atoms with van der Waals surface area (Å²) < 4.78 is 104. The fourth-order valence-corrected chi connectivity index (χ4v) is 0.484. The van der Waals surface area contributed by atoms with Gasteiger partial charge in [0.1, 0.15) is 0 Å². The van der Waals surface area contributed by atoms with Crippen molar-refractivity contribution in [1.29, 1.82) is 0 Å². The molecule has 9 heteroatoms. The lowest BCUT2D eigenvalue weighted by atomic mass is 10.1. The zero-order valence-corrected chi connectivity index (χ0v) is 6.13. The summed E-state index contributed by atoms with van der Waals surface area (Å²) in [5.41, 5.74) is 0. The van der Waals surface area contributed by atoms with Crippen LogP contribution in [0.25, 0.3) is 0 Å². The van der Waals surface area contributed by atoms with Crippen LogP contribution in [-0.2, 0) is 0 Å². The van der Waals surface area contributed by atoms with E-state index in [4.69, 9.17) is 0 Å². The third-order valence-electron chi connectivity index (χ3n) is 1.24. The van der Waals surface area contributed by atoms with E-state index in [2.05, 4.69) is 0 Å². The van der Waals surface area contributed by atoms with E-state index in [1.165, 1.54) is 0 Å². The molecule has 2 atom stereocenters. The Morgan fingerprint density at radius 3 is 1.29 bits per heavy atom. The van der Waals surface area contributed by atoms with E-state index >= 15 is 0 Å². The van der Waals surface area contributed by atoms with Crippen molar-refractivity contribution in [1.82, 2.24) is 0 Å². The number of hydrogen-bond donors (Lipinski definition) is 0. The van der Waals surface area contributed by atoms with Gasteiger partial charge in [-0.25, -0.2) is 17.6 Å². The number of rotatable bonds is 3. The Morgan fingerprint density at radius 1 is 0.714 bits per heavy atom. The topological polar surface area (TPSA) is 0 Å². The van der Waals surface area contributed by atoms with E-state index in [0.29, 0.717) is 0 Å². The molecule has 0 saturated heterocycles. The van der Waals surface area contributed by atoms with Crippen LogP contribution in [0.15, 0.2) is 0 Å². The lowest BCUT2D eigenvalue weighted by Crippen LogP contribution is -2.50. The van der Waals surface area contributed by atoms with Gasteiger partial charge in [-0.3, -0.25) is 0 Å². The SMILES string of the molecule is FC(F)C(F)C(F)C(F)(F)C(F)(F)F. The van der Waals surface area contributed by atoms with E-state index in [1.54, 1.807) is 0 Å². The smallest absolute Gasteiger partial charge is 0.238 e. The molecule has 0 aromatic heterocycles. The molecule has 0 spiro atoms. The van der Waals surface area contributed by atoms with E-state index in [1.807, 2.05) is 0 Å². The Labute approximate surface area is 71.7 Å². The summed E-state index contributed by atoms with van der Waals surface area (Å²) in [5.74, 6) is -6.12. The Kier molecular flexibility index (Phi) is 3.68. The lowest BCUT2D eigenvalue weighted by molar-refractivity contribution is -0.312. The molecular formula is C5H3F9. The molecule has 0 aromatic rings. The monoisotopic (exact) mass is 234 g/mol. The van der Waals surface area contributed by atoms with Crippen molar-refractivity contribution in [3.63, 3.8) is 0 Å². The van der Waals surface area contributed by atoms with Gasteiger partial charge in [0.25, 0.3) is 6.43 Å². The van der Waals surface area contributed by atoms with Crippen LogP contribution in [0, 0.1) is 0 Å². The maximum atomic E-state index is 12.0. The second-order valence-electron chi connectivity index (χ2n) is 2.30. The van der Waals surface area contributed by atoms with Crippen molar-refractivity contribution in [2.24, 2.45) is 0 Å². The quantitative estimate of drug-likeness (QED) is 0.658. The molecule has 0 amide bonds. The van der Waals surface area contributed by atoms with Gasteiger partial charge in [-0.05, 0) is 0 Å². The van der Waals surface area contributed by atoms with Crippen molar-refractivity contribution in [3.8, 4) is 0 Å². The van der Waals surface area contributed by atoms with E-state index in [9.17, 15) is 39.5 Å². The normalized spacial score (nSPS) is 18.4. The fourth-order valence-electron chi connectivity index (χ4n) is 0.484. The number of alkyl halides is 9. The summed E-state index contributed by atoms with van der Waals surface area (Å²) in [6.45, 7) is 0. The van der Waals surface area contributed by atoms with Crippen LogP contribution in [-0.4, -0.2) is 30.9 Å². The summed E-state index contributed by atoms with van der Waals surface area (Å²) in [7, 11) is 0. The minimum absolute atomic E-state index is 4.17. The molecule has 0 aromatic carbocycles. The van der Waals surface area contributed by atoms with Crippen LogP contribution in [0.2, 0.25) is 0 Å². The zero-order valence-electron chi connectivity index (χ0n) is 6.13. The standard InChI is InChI=1S/C5H3F9/c6-1(3(8)9)2(7)4(10,11)5(12,13)14/h1-3H.